The van der Waals surface area contributed by atoms with E-state index in [-0.39, 0.29) is 17.9 Å². The molecule has 2 aromatic heterocycles. The number of rotatable bonds is 4. The summed E-state index contributed by atoms with van der Waals surface area (Å²) in [5, 5.41) is 13.4. The Morgan fingerprint density at radius 2 is 2.04 bits per heavy atom. The van der Waals surface area contributed by atoms with E-state index in [1.165, 1.54) is 10.8 Å². The zero-order valence-electron chi connectivity index (χ0n) is 12.6. The molecule has 0 aliphatic heterocycles. The van der Waals surface area contributed by atoms with E-state index in [9.17, 15) is 14.7 Å². The molecule has 0 unspecified atom stereocenters. The highest BCUT2D eigenvalue weighted by atomic mass is 16.3. The van der Waals surface area contributed by atoms with E-state index in [2.05, 4.69) is 5.32 Å². The number of aromatic nitrogens is 1. The molecule has 0 saturated carbocycles. The molecular formula is C17H16N2O4. The van der Waals surface area contributed by atoms with Crippen LogP contribution in [0.25, 0.3) is 10.9 Å². The van der Waals surface area contributed by atoms with Crippen LogP contribution in [-0.2, 0) is 13.1 Å². The first-order valence-corrected chi connectivity index (χ1v) is 7.28. The molecule has 1 aromatic carbocycles. The third kappa shape index (κ3) is 2.59. The molecule has 3 rings (SSSR count). The maximum atomic E-state index is 12.6. The smallest absolute Gasteiger partial charge is 0.267 e. The van der Waals surface area contributed by atoms with Gasteiger partial charge in [0, 0.05) is 11.9 Å². The van der Waals surface area contributed by atoms with Gasteiger partial charge in [0.15, 0.2) is 0 Å². The molecule has 3 aromatic rings. The third-order valence-corrected chi connectivity index (χ3v) is 3.69. The summed E-state index contributed by atoms with van der Waals surface area (Å²) >= 11 is 0. The van der Waals surface area contributed by atoms with E-state index < -0.39 is 11.5 Å². The fourth-order valence-corrected chi connectivity index (χ4v) is 2.58. The van der Waals surface area contributed by atoms with Crippen molar-refractivity contribution in [3.8, 4) is 5.75 Å². The van der Waals surface area contributed by atoms with Gasteiger partial charge in [-0.2, -0.15) is 0 Å². The molecule has 0 spiro atoms. The zero-order valence-corrected chi connectivity index (χ0v) is 12.6. The zero-order chi connectivity index (χ0) is 16.4. The van der Waals surface area contributed by atoms with Crippen LogP contribution in [0, 0.1) is 0 Å². The van der Waals surface area contributed by atoms with Crippen molar-refractivity contribution in [2.45, 2.75) is 20.0 Å². The van der Waals surface area contributed by atoms with Crippen molar-refractivity contribution in [2.75, 3.05) is 0 Å². The Morgan fingerprint density at radius 3 is 2.74 bits per heavy atom. The molecule has 2 heterocycles. The van der Waals surface area contributed by atoms with E-state index in [0.29, 0.717) is 23.2 Å². The summed E-state index contributed by atoms with van der Waals surface area (Å²) in [5.74, 6) is -0.362. The number of carbonyl (C=O) groups excluding carboxylic acids is 1. The number of fused-ring (bicyclic) bond motifs is 1. The fourth-order valence-electron chi connectivity index (χ4n) is 2.58. The minimum atomic E-state index is -0.628. The second-order valence-electron chi connectivity index (χ2n) is 5.05. The van der Waals surface area contributed by atoms with Crippen LogP contribution in [0.4, 0.5) is 0 Å². The van der Waals surface area contributed by atoms with Crippen LogP contribution in [0.1, 0.15) is 23.0 Å². The van der Waals surface area contributed by atoms with Crippen molar-refractivity contribution in [1.82, 2.24) is 9.88 Å². The number of hydrogen-bond acceptors (Lipinski definition) is 4. The monoisotopic (exact) mass is 312 g/mol. The molecule has 6 heteroatoms. The SMILES string of the molecule is CCn1c(=O)c(C(=O)NCc2ccco2)c(O)c2ccccc21. The van der Waals surface area contributed by atoms with Gasteiger partial charge in [0.05, 0.1) is 18.3 Å². The van der Waals surface area contributed by atoms with Crippen LogP contribution >= 0.6 is 0 Å². The number of para-hydroxylation sites is 1. The third-order valence-electron chi connectivity index (χ3n) is 3.69. The van der Waals surface area contributed by atoms with Crippen molar-refractivity contribution in [2.24, 2.45) is 0 Å². The summed E-state index contributed by atoms with van der Waals surface area (Å²) in [6.07, 6.45) is 1.50. The van der Waals surface area contributed by atoms with Crippen molar-refractivity contribution in [3.05, 3.63) is 64.3 Å². The molecule has 0 radical (unpaired) electrons. The maximum Gasteiger partial charge on any atom is 0.267 e. The summed E-state index contributed by atoms with van der Waals surface area (Å²) in [5.41, 5.74) is -0.169. The van der Waals surface area contributed by atoms with Gasteiger partial charge in [-0.3, -0.25) is 9.59 Å². The van der Waals surface area contributed by atoms with Gasteiger partial charge in [-0.15, -0.1) is 0 Å². The fraction of sp³-hybridized carbons (Fsp3) is 0.176. The molecule has 0 fully saturated rings. The molecule has 0 saturated heterocycles. The number of furan rings is 1. The lowest BCUT2D eigenvalue weighted by Crippen LogP contribution is -2.33. The minimum absolute atomic E-state index is 0.143. The average molecular weight is 312 g/mol. The summed E-state index contributed by atoms with van der Waals surface area (Å²) in [4.78, 5) is 24.9. The summed E-state index contributed by atoms with van der Waals surface area (Å²) in [7, 11) is 0. The van der Waals surface area contributed by atoms with E-state index in [1.54, 1.807) is 36.4 Å². The highest BCUT2D eigenvalue weighted by Crippen LogP contribution is 2.26. The van der Waals surface area contributed by atoms with Gasteiger partial charge in [0.1, 0.15) is 17.1 Å². The molecule has 0 atom stereocenters. The second-order valence-corrected chi connectivity index (χ2v) is 5.05. The molecule has 2 N–H and O–H groups in total. The maximum absolute atomic E-state index is 12.6. The highest BCUT2D eigenvalue weighted by Gasteiger charge is 2.21. The first kappa shape index (κ1) is 14.9. The molecule has 1 amide bonds. The van der Waals surface area contributed by atoms with Gasteiger partial charge in [0.25, 0.3) is 11.5 Å². The molecule has 0 aliphatic rings. The molecule has 6 nitrogen and oxygen atoms in total. The summed E-state index contributed by atoms with van der Waals surface area (Å²) in [6.45, 7) is 2.36. The minimum Gasteiger partial charge on any atom is -0.506 e. The van der Waals surface area contributed by atoms with E-state index in [4.69, 9.17) is 4.42 Å². The lowest BCUT2D eigenvalue weighted by atomic mass is 10.1. The number of amides is 1. The van der Waals surface area contributed by atoms with Gasteiger partial charge in [-0.05, 0) is 31.2 Å². The molecule has 23 heavy (non-hydrogen) atoms. The number of pyridine rings is 1. The van der Waals surface area contributed by atoms with Gasteiger partial charge in [0.2, 0.25) is 0 Å². The quantitative estimate of drug-likeness (QED) is 0.774. The van der Waals surface area contributed by atoms with Gasteiger partial charge in [-0.1, -0.05) is 12.1 Å². The lowest BCUT2D eigenvalue weighted by Gasteiger charge is -2.13. The summed E-state index contributed by atoms with van der Waals surface area (Å²) in [6, 6.07) is 10.4. The van der Waals surface area contributed by atoms with Crippen molar-refractivity contribution < 1.29 is 14.3 Å². The molecule has 118 valence electrons. The number of aryl methyl sites for hydroxylation is 1. The lowest BCUT2D eigenvalue weighted by molar-refractivity contribution is 0.0943. The summed E-state index contributed by atoms with van der Waals surface area (Å²) < 4.78 is 6.60. The largest absolute Gasteiger partial charge is 0.506 e. The van der Waals surface area contributed by atoms with Crippen molar-refractivity contribution in [1.29, 1.82) is 0 Å². The van der Waals surface area contributed by atoms with Crippen LogP contribution in [-0.4, -0.2) is 15.6 Å². The molecular weight excluding hydrogens is 296 g/mol. The molecule has 0 bridgehead atoms. The highest BCUT2D eigenvalue weighted by molar-refractivity contribution is 6.02. The Balaban J connectivity index is 2.06. The van der Waals surface area contributed by atoms with E-state index in [0.717, 1.165) is 0 Å². The number of aromatic hydroxyl groups is 1. The first-order chi connectivity index (χ1) is 11.1. The van der Waals surface area contributed by atoms with Gasteiger partial charge < -0.3 is 19.4 Å². The van der Waals surface area contributed by atoms with Crippen LogP contribution in [0.5, 0.6) is 5.75 Å². The number of carbonyl (C=O) groups is 1. The van der Waals surface area contributed by atoms with Crippen molar-refractivity contribution in [3.63, 3.8) is 0 Å². The van der Waals surface area contributed by atoms with Crippen molar-refractivity contribution >= 4 is 16.8 Å². The Bertz CT molecular complexity index is 910. The number of benzene rings is 1. The Labute approximate surface area is 132 Å². The Morgan fingerprint density at radius 1 is 1.26 bits per heavy atom. The van der Waals surface area contributed by atoms with E-state index >= 15 is 0 Å². The normalized spacial score (nSPS) is 10.8. The second kappa shape index (κ2) is 6.00. The standard InChI is InChI=1S/C17H16N2O4/c1-2-19-13-8-4-3-7-12(13)15(20)14(17(19)22)16(21)18-10-11-6-5-9-23-11/h3-9,20H,2,10H2,1H3,(H,18,21). The van der Waals surface area contributed by atoms with Gasteiger partial charge in [-0.25, -0.2) is 0 Å². The van der Waals surface area contributed by atoms with Crippen LogP contribution in [0.2, 0.25) is 0 Å². The van der Waals surface area contributed by atoms with Gasteiger partial charge >= 0.3 is 0 Å². The average Bonchev–Trinajstić information content (AvgIpc) is 3.07. The number of nitrogens with one attached hydrogen (secondary N) is 1. The van der Waals surface area contributed by atoms with Crippen LogP contribution < -0.4 is 10.9 Å². The Hall–Kier alpha value is -3.02. The predicted molar refractivity (Wildman–Crippen MR) is 85.4 cm³/mol. The van der Waals surface area contributed by atoms with E-state index in [1.807, 2.05) is 6.92 Å². The first-order valence-electron chi connectivity index (χ1n) is 7.28. The Kier molecular flexibility index (Phi) is 3.89. The van der Waals surface area contributed by atoms with Crippen LogP contribution in [0.15, 0.2) is 51.9 Å². The number of hydrogen-bond donors (Lipinski definition) is 2. The molecule has 0 aliphatic carbocycles. The number of nitrogens with zero attached hydrogens (tertiary/aromatic N) is 1. The predicted octanol–water partition coefficient (Wildman–Crippen LogP) is 2.25. The van der Waals surface area contributed by atoms with Crippen LogP contribution in [0.3, 0.4) is 0 Å². The topological polar surface area (TPSA) is 84.5 Å².